The van der Waals surface area contributed by atoms with E-state index in [0.717, 1.165) is 79.3 Å². The smallest absolute Gasteiger partial charge is 0.339 e. The van der Waals surface area contributed by atoms with Crippen molar-refractivity contribution in [1.29, 1.82) is 0 Å². The van der Waals surface area contributed by atoms with Crippen molar-refractivity contribution in [2.75, 3.05) is 19.7 Å². The van der Waals surface area contributed by atoms with Crippen molar-refractivity contribution in [3.8, 4) is 0 Å². The number of amides is 1. The number of carbonyl (C=O) groups is 2. The van der Waals surface area contributed by atoms with E-state index in [4.69, 9.17) is 9.72 Å². The average molecular weight is 517 g/mol. The van der Waals surface area contributed by atoms with Crippen LogP contribution in [0.1, 0.15) is 79.4 Å². The van der Waals surface area contributed by atoms with Crippen LogP contribution in [0.25, 0.3) is 22.6 Å². The third-order valence-corrected chi connectivity index (χ3v) is 8.61. The molecule has 2 aromatic heterocycles. The molecule has 1 aliphatic heterocycles. The molecule has 1 aliphatic carbocycles. The summed E-state index contributed by atoms with van der Waals surface area (Å²) in [5.41, 5.74) is 4.39. The molecule has 0 radical (unpaired) electrons. The number of aromatic nitrogens is 1. The van der Waals surface area contributed by atoms with Crippen LogP contribution in [-0.2, 0) is 16.0 Å². The third kappa shape index (κ3) is 5.64. The normalized spacial score (nSPS) is 19.5. The lowest BCUT2D eigenvalue weighted by Gasteiger charge is -2.36. The predicted octanol–water partition coefficient (Wildman–Crippen LogP) is 7.00. The van der Waals surface area contributed by atoms with Crippen molar-refractivity contribution in [2.45, 2.75) is 59.3 Å². The molecule has 5 rings (SSSR count). The van der Waals surface area contributed by atoms with Crippen LogP contribution < -0.4 is 0 Å². The number of carbonyl (C=O) groups excluding carboxylic acids is 2. The minimum atomic E-state index is -0.428. The topological polar surface area (TPSA) is 59.5 Å². The summed E-state index contributed by atoms with van der Waals surface area (Å²) in [6.07, 6.45) is 8.20. The highest BCUT2D eigenvalue weighted by atomic mass is 32.1. The molecule has 1 saturated heterocycles. The van der Waals surface area contributed by atoms with E-state index in [2.05, 4.69) is 44.4 Å². The number of thiophene rings is 1. The van der Waals surface area contributed by atoms with E-state index in [0.29, 0.717) is 11.5 Å². The van der Waals surface area contributed by atoms with Gasteiger partial charge in [0.15, 0.2) is 6.61 Å². The first-order valence-corrected chi connectivity index (χ1v) is 14.3. The van der Waals surface area contributed by atoms with E-state index < -0.39 is 5.97 Å². The fourth-order valence-electron chi connectivity index (χ4n) is 5.53. The highest BCUT2D eigenvalue weighted by Gasteiger charge is 2.35. The first kappa shape index (κ1) is 25.7. The molecule has 1 amide bonds. The van der Waals surface area contributed by atoms with Gasteiger partial charge in [0.1, 0.15) is 0 Å². The second-order valence-corrected chi connectivity index (χ2v) is 12.3. The molecule has 194 valence electrons. The van der Waals surface area contributed by atoms with E-state index in [1.165, 1.54) is 4.88 Å². The van der Waals surface area contributed by atoms with E-state index in [1.54, 1.807) is 11.3 Å². The predicted molar refractivity (Wildman–Crippen MR) is 151 cm³/mol. The highest BCUT2D eigenvalue weighted by Crippen LogP contribution is 2.45. The maximum atomic E-state index is 13.7. The molecule has 6 heteroatoms. The van der Waals surface area contributed by atoms with E-state index in [-0.39, 0.29) is 17.9 Å². The summed E-state index contributed by atoms with van der Waals surface area (Å²) in [6, 6.07) is 11.9. The Bertz CT molecular complexity index is 1310. The molecule has 1 fully saturated rings. The number of pyridine rings is 1. The van der Waals surface area contributed by atoms with Crippen molar-refractivity contribution in [2.24, 2.45) is 11.3 Å². The molecule has 37 heavy (non-hydrogen) atoms. The zero-order chi connectivity index (χ0) is 26.0. The molecular weight excluding hydrogens is 480 g/mol. The Balaban J connectivity index is 1.54. The van der Waals surface area contributed by atoms with Gasteiger partial charge in [-0.3, -0.25) is 4.79 Å². The Morgan fingerprint density at radius 1 is 1.05 bits per heavy atom. The number of hydrogen-bond donors (Lipinski definition) is 0. The molecule has 0 unspecified atom stereocenters. The molecule has 0 saturated carbocycles. The van der Waals surface area contributed by atoms with Crippen LogP contribution in [0.4, 0.5) is 0 Å². The van der Waals surface area contributed by atoms with Crippen LogP contribution in [0.3, 0.4) is 0 Å². The largest absolute Gasteiger partial charge is 0.452 e. The molecule has 3 aromatic rings. The lowest BCUT2D eigenvalue weighted by Crippen LogP contribution is -2.35. The van der Waals surface area contributed by atoms with Crippen molar-refractivity contribution < 1.29 is 14.3 Å². The first-order chi connectivity index (χ1) is 17.8. The lowest BCUT2D eigenvalue weighted by molar-refractivity contribution is -0.134. The molecule has 0 spiro atoms. The van der Waals surface area contributed by atoms with Crippen molar-refractivity contribution in [1.82, 2.24) is 9.88 Å². The number of rotatable bonds is 4. The quantitative estimate of drug-likeness (QED) is 0.350. The minimum absolute atomic E-state index is 0.0573. The van der Waals surface area contributed by atoms with Gasteiger partial charge in [-0.05, 0) is 71.7 Å². The standard InChI is InChI=1S/C31H36N2O3S/c1-31(2,3)22-17-21(18-23-11-10-16-37-23)29-25(19-22)28(24-12-6-7-13-26(24)32-29)30(35)36-20-27(34)33-14-8-4-5-9-15-33/h6-7,10-13,16,18,22H,4-5,8-9,14-15,17,19-20H2,1-3H3/b21-18-/t22-/m0/s1. The van der Waals surface area contributed by atoms with Crippen LogP contribution in [0.5, 0.6) is 0 Å². The molecule has 0 N–H and O–H groups in total. The van der Waals surface area contributed by atoms with Crippen molar-refractivity contribution >= 4 is 45.8 Å². The van der Waals surface area contributed by atoms with Gasteiger partial charge in [0.05, 0.1) is 16.8 Å². The lowest BCUT2D eigenvalue weighted by atomic mass is 9.69. The molecule has 2 aliphatic rings. The maximum Gasteiger partial charge on any atom is 0.339 e. The number of benzene rings is 1. The van der Waals surface area contributed by atoms with Gasteiger partial charge in [-0.2, -0.15) is 0 Å². The summed E-state index contributed by atoms with van der Waals surface area (Å²) in [4.78, 5) is 34.7. The van der Waals surface area contributed by atoms with E-state index in [9.17, 15) is 9.59 Å². The average Bonchev–Trinajstić information content (AvgIpc) is 3.23. The second kappa shape index (κ2) is 10.8. The van der Waals surface area contributed by atoms with Gasteiger partial charge in [0.2, 0.25) is 0 Å². The van der Waals surface area contributed by atoms with Crippen LogP contribution in [0, 0.1) is 11.3 Å². The van der Waals surface area contributed by atoms with Crippen LogP contribution in [0.2, 0.25) is 0 Å². The third-order valence-electron chi connectivity index (χ3n) is 7.79. The summed E-state index contributed by atoms with van der Waals surface area (Å²) in [6.45, 7) is 8.06. The number of fused-ring (bicyclic) bond motifs is 2. The van der Waals surface area contributed by atoms with Gasteiger partial charge in [0, 0.05) is 23.4 Å². The van der Waals surface area contributed by atoms with Gasteiger partial charge in [-0.1, -0.05) is 57.9 Å². The molecule has 0 bridgehead atoms. The van der Waals surface area contributed by atoms with Crippen molar-refractivity contribution in [3.63, 3.8) is 0 Å². The van der Waals surface area contributed by atoms with Crippen LogP contribution in [0.15, 0.2) is 41.8 Å². The zero-order valence-electron chi connectivity index (χ0n) is 22.1. The second-order valence-electron chi connectivity index (χ2n) is 11.4. The summed E-state index contributed by atoms with van der Waals surface area (Å²) in [7, 11) is 0. The van der Waals surface area contributed by atoms with Gasteiger partial charge in [-0.25, -0.2) is 9.78 Å². The molecule has 1 aromatic carbocycles. The van der Waals surface area contributed by atoms with E-state index >= 15 is 0 Å². The summed E-state index contributed by atoms with van der Waals surface area (Å²) >= 11 is 1.70. The Morgan fingerprint density at radius 3 is 2.51 bits per heavy atom. The minimum Gasteiger partial charge on any atom is -0.452 e. The number of esters is 1. The van der Waals surface area contributed by atoms with Crippen molar-refractivity contribution in [3.05, 3.63) is 63.5 Å². The molecule has 3 heterocycles. The maximum absolute atomic E-state index is 13.7. The van der Waals surface area contributed by atoms with Gasteiger partial charge in [0.25, 0.3) is 5.91 Å². The fourth-order valence-corrected chi connectivity index (χ4v) is 6.21. The number of para-hydroxylation sites is 1. The Morgan fingerprint density at radius 2 is 1.81 bits per heavy atom. The van der Waals surface area contributed by atoms with Crippen LogP contribution in [-0.4, -0.2) is 41.5 Å². The Kier molecular flexibility index (Phi) is 7.47. The van der Waals surface area contributed by atoms with Crippen LogP contribution >= 0.6 is 11.3 Å². The molecule has 1 atom stereocenters. The monoisotopic (exact) mass is 516 g/mol. The summed E-state index contributed by atoms with van der Waals surface area (Å²) in [5, 5.41) is 2.87. The Hall–Kier alpha value is -2.99. The number of nitrogens with zero attached hydrogens (tertiary/aromatic N) is 2. The number of likely N-dealkylation sites (tertiary alicyclic amines) is 1. The SMILES string of the molecule is CC(C)(C)[C@H]1C/C(=C/c2cccs2)c2nc3ccccc3c(C(=O)OCC(=O)N3CCCCCC3)c2C1. The van der Waals surface area contributed by atoms with Gasteiger partial charge >= 0.3 is 5.97 Å². The Labute approximate surface area is 223 Å². The van der Waals surface area contributed by atoms with Gasteiger partial charge < -0.3 is 9.64 Å². The molecule has 5 nitrogen and oxygen atoms in total. The van der Waals surface area contributed by atoms with Gasteiger partial charge in [-0.15, -0.1) is 11.3 Å². The zero-order valence-corrected chi connectivity index (χ0v) is 22.9. The molecular formula is C31H36N2O3S. The summed E-state index contributed by atoms with van der Waals surface area (Å²) in [5.74, 6) is -0.184. The highest BCUT2D eigenvalue weighted by molar-refractivity contribution is 7.10. The summed E-state index contributed by atoms with van der Waals surface area (Å²) < 4.78 is 5.74. The first-order valence-electron chi connectivity index (χ1n) is 13.4. The van der Waals surface area contributed by atoms with E-state index in [1.807, 2.05) is 29.2 Å². The fraction of sp³-hybridized carbons (Fsp3) is 0.452. The number of ether oxygens (including phenoxy) is 1. The number of hydrogen-bond acceptors (Lipinski definition) is 5. The number of allylic oxidation sites excluding steroid dienone is 1.